The summed E-state index contributed by atoms with van der Waals surface area (Å²) in [6, 6.07) is 7.42. The first-order valence-electron chi connectivity index (χ1n) is 7.84. The summed E-state index contributed by atoms with van der Waals surface area (Å²) in [5, 5.41) is 0. The summed E-state index contributed by atoms with van der Waals surface area (Å²) in [7, 11) is 4.27. The largest absolute Gasteiger partial charge is 0.373 e. The fraction of sp³-hybridized carbons (Fsp3) is 0.647. The number of halogens is 1. The molecule has 1 aromatic carbocycles. The zero-order valence-corrected chi connectivity index (χ0v) is 13.0. The van der Waals surface area contributed by atoms with Crippen LogP contribution in [0, 0.1) is 5.82 Å². The molecule has 1 spiro atoms. The van der Waals surface area contributed by atoms with Crippen molar-refractivity contribution in [3.05, 3.63) is 35.6 Å². The van der Waals surface area contributed by atoms with E-state index in [0.717, 1.165) is 45.5 Å². The predicted molar refractivity (Wildman–Crippen MR) is 81.7 cm³/mol. The van der Waals surface area contributed by atoms with Crippen molar-refractivity contribution >= 4 is 0 Å². The van der Waals surface area contributed by atoms with Gasteiger partial charge in [-0.1, -0.05) is 12.1 Å². The number of likely N-dealkylation sites (tertiary alicyclic amines) is 1. The second kappa shape index (κ2) is 6.03. The van der Waals surface area contributed by atoms with Gasteiger partial charge in [0.1, 0.15) is 5.82 Å². The van der Waals surface area contributed by atoms with Gasteiger partial charge in [-0.15, -0.1) is 0 Å². The van der Waals surface area contributed by atoms with Crippen LogP contribution in [0.2, 0.25) is 0 Å². The van der Waals surface area contributed by atoms with Gasteiger partial charge in [0.05, 0.1) is 12.2 Å². The molecule has 116 valence electrons. The quantitative estimate of drug-likeness (QED) is 0.851. The Morgan fingerprint density at radius 3 is 2.48 bits per heavy atom. The lowest BCUT2D eigenvalue weighted by molar-refractivity contribution is -0.0451. The maximum absolute atomic E-state index is 12.9. The first kappa shape index (κ1) is 14.9. The molecule has 3 rings (SSSR count). The van der Waals surface area contributed by atoms with Crippen molar-refractivity contribution in [2.24, 2.45) is 0 Å². The molecule has 3 nitrogen and oxygen atoms in total. The van der Waals surface area contributed by atoms with Crippen LogP contribution in [0.4, 0.5) is 4.39 Å². The summed E-state index contributed by atoms with van der Waals surface area (Å²) in [5.41, 5.74) is 1.29. The lowest BCUT2D eigenvalue weighted by Crippen LogP contribution is -2.44. The van der Waals surface area contributed by atoms with Crippen LogP contribution in [0.15, 0.2) is 24.3 Å². The zero-order valence-electron chi connectivity index (χ0n) is 13.0. The van der Waals surface area contributed by atoms with Crippen LogP contribution in [0.25, 0.3) is 0 Å². The second-order valence-electron chi connectivity index (χ2n) is 6.72. The zero-order chi connectivity index (χ0) is 14.9. The van der Waals surface area contributed by atoms with Gasteiger partial charge in [-0.3, -0.25) is 4.90 Å². The van der Waals surface area contributed by atoms with E-state index < -0.39 is 0 Å². The van der Waals surface area contributed by atoms with Crippen molar-refractivity contribution in [1.29, 1.82) is 0 Å². The number of rotatable bonds is 3. The van der Waals surface area contributed by atoms with Gasteiger partial charge < -0.3 is 9.64 Å². The van der Waals surface area contributed by atoms with E-state index in [1.807, 2.05) is 12.1 Å². The molecule has 1 atom stereocenters. The number of hydrogen-bond acceptors (Lipinski definition) is 3. The molecule has 0 unspecified atom stereocenters. The third-order valence-electron chi connectivity index (χ3n) is 5.01. The van der Waals surface area contributed by atoms with E-state index in [2.05, 4.69) is 23.9 Å². The lowest BCUT2D eigenvalue weighted by Gasteiger charge is -2.39. The molecular weight excluding hydrogens is 267 g/mol. The Balaban J connectivity index is 1.52. The smallest absolute Gasteiger partial charge is 0.123 e. The minimum Gasteiger partial charge on any atom is -0.373 e. The third kappa shape index (κ3) is 3.44. The number of hydrogen-bond donors (Lipinski definition) is 0. The van der Waals surface area contributed by atoms with Crippen LogP contribution in [0.5, 0.6) is 0 Å². The minimum atomic E-state index is -0.162. The Kier molecular flexibility index (Phi) is 4.29. The molecule has 2 saturated heterocycles. The number of nitrogens with zero attached hydrogens (tertiary/aromatic N) is 2. The van der Waals surface area contributed by atoms with E-state index in [1.165, 1.54) is 5.56 Å². The summed E-state index contributed by atoms with van der Waals surface area (Å²) >= 11 is 0. The highest BCUT2D eigenvalue weighted by molar-refractivity contribution is 5.16. The first-order chi connectivity index (χ1) is 10.1. The summed E-state index contributed by atoms with van der Waals surface area (Å²) in [4.78, 5) is 4.73. The molecule has 0 aromatic heterocycles. The molecule has 0 N–H and O–H groups in total. The number of benzene rings is 1. The molecule has 0 radical (unpaired) electrons. The molecule has 0 bridgehead atoms. The predicted octanol–water partition coefficient (Wildman–Crippen LogP) is 2.51. The average Bonchev–Trinajstić information content (AvgIpc) is 2.89. The number of likely N-dealkylation sites (N-methyl/N-ethyl adjacent to an activating group) is 1. The molecule has 2 aliphatic heterocycles. The van der Waals surface area contributed by atoms with Crippen LogP contribution < -0.4 is 0 Å². The van der Waals surface area contributed by atoms with Crippen molar-refractivity contribution < 1.29 is 9.13 Å². The summed E-state index contributed by atoms with van der Waals surface area (Å²) in [6.45, 7) is 3.91. The lowest BCUT2D eigenvalue weighted by atomic mass is 9.87. The Hall–Kier alpha value is -0.970. The standard InChI is InChI=1S/C17H25FN2O/c1-19(2)16-11-17(21-13-16)7-9-20(10-8-17)12-14-3-5-15(18)6-4-14/h3-6,16H,7-13H2,1-2H3/t16-/m1/s1. The highest BCUT2D eigenvalue weighted by Gasteiger charge is 2.43. The third-order valence-corrected chi connectivity index (χ3v) is 5.01. The Labute approximate surface area is 126 Å². The monoisotopic (exact) mass is 292 g/mol. The van der Waals surface area contributed by atoms with Crippen LogP contribution >= 0.6 is 0 Å². The maximum Gasteiger partial charge on any atom is 0.123 e. The molecule has 0 amide bonds. The van der Waals surface area contributed by atoms with E-state index in [4.69, 9.17) is 4.74 Å². The number of piperidine rings is 1. The normalized spacial score (nSPS) is 25.8. The molecule has 1 aromatic rings. The summed E-state index contributed by atoms with van der Waals surface area (Å²) in [6.07, 6.45) is 3.38. The molecule has 4 heteroatoms. The van der Waals surface area contributed by atoms with Crippen molar-refractivity contribution in [3.63, 3.8) is 0 Å². The Morgan fingerprint density at radius 2 is 1.90 bits per heavy atom. The fourth-order valence-electron chi connectivity index (χ4n) is 3.47. The van der Waals surface area contributed by atoms with Gasteiger partial charge in [-0.05, 0) is 51.1 Å². The second-order valence-corrected chi connectivity index (χ2v) is 6.72. The summed E-state index contributed by atoms with van der Waals surface area (Å²) < 4.78 is 19.1. The van der Waals surface area contributed by atoms with Crippen molar-refractivity contribution in [2.45, 2.75) is 37.5 Å². The Morgan fingerprint density at radius 1 is 1.24 bits per heavy atom. The van der Waals surface area contributed by atoms with Crippen LogP contribution in [0.3, 0.4) is 0 Å². The van der Waals surface area contributed by atoms with Gasteiger partial charge in [-0.25, -0.2) is 4.39 Å². The molecular formula is C17H25FN2O. The topological polar surface area (TPSA) is 15.7 Å². The summed E-state index contributed by atoms with van der Waals surface area (Å²) in [5.74, 6) is -0.162. The maximum atomic E-state index is 12.9. The van der Waals surface area contributed by atoms with Gasteiger partial charge >= 0.3 is 0 Å². The van der Waals surface area contributed by atoms with E-state index in [0.29, 0.717) is 6.04 Å². The van der Waals surface area contributed by atoms with E-state index in [-0.39, 0.29) is 11.4 Å². The van der Waals surface area contributed by atoms with Crippen LogP contribution in [-0.4, -0.2) is 55.2 Å². The fourth-order valence-corrected chi connectivity index (χ4v) is 3.47. The van der Waals surface area contributed by atoms with Crippen molar-refractivity contribution in [3.8, 4) is 0 Å². The Bertz CT molecular complexity index is 466. The molecule has 2 heterocycles. The van der Waals surface area contributed by atoms with E-state index in [9.17, 15) is 4.39 Å². The molecule has 0 aliphatic carbocycles. The van der Waals surface area contributed by atoms with Crippen molar-refractivity contribution in [2.75, 3.05) is 33.8 Å². The van der Waals surface area contributed by atoms with Gasteiger partial charge in [0, 0.05) is 25.7 Å². The number of ether oxygens (including phenoxy) is 1. The average molecular weight is 292 g/mol. The van der Waals surface area contributed by atoms with Gasteiger partial charge in [0.15, 0.2) is 0 Å². The van der Waals surface area contributed by atoms with Crippen LogP contribution in [-0.2, 0) is 11.3 Å². The highest BCUT2D eigenvalue weighted by atomic mass is 19.1. The van der Waals surface area contributed by atoms with Gasteiger partial charge in [0.2, 0.25) is 0 Å². The minimum absolute atomic E-state index is 0.105. The molecule has 0 saturated carbocycles. The van der Waals surface area contributed by atoms with Gasteiger partial charge in [0.25, 0.3) is 0 Å². The van der Waals surface area contributed by atoms with E-state index in [1.54, 1.807) is 12.1 Å². The van der Waals surface area contributed by atoms with E-state index >= 15 is 0 Å². The molecule has 21 heavy (non-hydrogen) atoms. The molecule has 2 fully saturated rings. The highest BCUT2D eigenvalue weighted by Crippen LogP contribution is 2.37. The first-order valence-corrected chi connectivity index (χ1v) is 7.84. The van der Waals surface area contributed by atoms with Crippen molar-refractivity contribution in [1.82, 2.24) is 9.80 Å². The van der Waals surface area contributed by atoms with Gasteiger partial charge in [-0.2, -0.15) is 0 Å². The van der Waals surface area contributed by atoms with Crippen LogP contribution in [0.1, 0.15) is 24.8 Å². The molecule has 2 aliphatic rings. The SMILES string of the molecule is CN(C)[C@H]1COC2(CCN(Cc3ccc(F)cc3)CC2)C1.